The van der Waals surface area contributed by atoms with Gasteiger partial charge in [-0.05, 0) is 47.5 Å². The zero-order valence-corrected chi connectivity index (χ0v) is 21.1. The molecule has 1 unspecified atom stereocenters. The molecule has 0 radical (unpaired) electrons. The first kappa shape index (κ1) is 27.8. The number of carbonyl (C=O) groups is 3. The molecular weight excluding hydrogens is 525 g/mol. The van der Waals surface area contributed by atoms with E-state index in [2.05, 4.69) is 20.6 Å². The van der Waals surface area contributed by atoms with Crippen LogP contribution in [0.1, 0.15) is 17.9 Å². The Morgan fingerprint density at radius 3 is 2.35 bits per heavy atom. The first-order valence-electron chi connectivity index (χ1n) is 11.1. The van der Waals surface area contributed by atoms with Gasteiger partial charge in [-0.3, -0.25) is 4.79 Å². The number of carbonyl (C=O) groups excluding carboxylic acids is 3. The molecule has 3 rings (SSSR count). The zero-order valence-electron chi connectivity index (χ0n) is 19.5. The number of rotatable bonds is 12. The topological polar surface area (TPSA) is 179 Å². The predicted octanol–water partition coefficient (Wildman–Crippen LogP) is 2.18. The molecule has 0 aliphatic heterocycles. The summed E-state index contributed by atoms with van der Waals surface area (Å²) in [5.74, 6) is -1.42. The first-order valence-corrected chi connectivity index (χ1v) is 12.2. The highest BCUT2D eigenvalue weighted by Gasteiger charge is 2.28. The summed E-state index contributed by atoms with van der Waals surface area (Å²) >= 11 is 11.6. The number of anilines is 1. The molecule has 12 nitrogen and oxygen atoms in total. The van der Waals surface area contributed by atoms with Crippen LogP contribution in [-0.2, 0) is 14.3 Å². The van der Waals surface area contributed by atoms with Gasteiger partial charge < -0.3 is 25.8 Å². The van der Waals surface area contributed by atoms with Crippen molar-refractivity contribution in [1.29, 1.82) is 0 Å². The van der Waals surface area contributed by atoms with E-state index in [1.165, 1.54) is 12.1 Å². The summed E-state index contributed by atoms with van der Waals surface area (Å²) in [4.78, 5) is 38.6. The van der Waals surface area contributed by atoms with Gasteiger partial charge in [-0.15, -0.1) is 33.4 Å². The number of hydrogen-bond acceptors (Lipinski definition) is 10. The number of ether oxygens (including phenoxy) is 2. The number of benzene rings is 2. The molecule has 2 atom stereocenters. The number of nitrogens with two attached hydrogens (primary N) is 2. The van der Waals surface area contributed by atoms with Crippen molar-refractivity contribution in [2.75, 3.05) is 29.7 Å². The lowest BCUT2D eigenvalue weighted by atomic mass is 9.90. The lowest BCUT2D eigenvalue weighted by molar-refractivity contribution is -0.140. The number of nitrogens with zero attached hydrogens (tertiary/aromatic N) is 4. The second kappa shape index (κ2) is 13.5. The third kappa shape index (κ3) is 7.87. The number of halogens is 2. The molecule has 1 aromatic heterocycles. The number of primary amides is 1. The molecule has 0 fully saturated rings. The smallest absolute Gasteiger partial charge is 0.395 e. The minimum atomic E-state index is -1.33. The van der Waals surface area contributed by atoms with Crippen LogP contribution in [0, 0.1) is 0 Å². The number of nitrogens with one attached hydrogen (secondary N) is 1. The van der Waals surface area contributed by atoms with Crippen LogP contribution in [0.4, 0.5) is 10.5 Å². The molecule has 3 aromatic rings. The Morgan fingerprint density at radius 2 is 1.76 bits per heavy atom. The average Bonchev–Trinajstić information content (AvgIpc) is 3.42. The van der Waals surface area contributed by atoms with Crippen molar-refractivity contribution in [3.63, 3.8) is 0 Å². The maximum atomic E-state index is 12.4. The summed E-state index contributed by atoms with van der Waals surface area (Å²) in [6.45, 7) is 1.19. The molecule has 0 spiro atoms. The van der Waals surface area contributed by atoms with E-state index in [1.807, 2.05) is 4.90 Å². The lowest BCUT2D eigenvalue weighted by Crippen LogP contribution is -2.38. The van der Waals surface area contributed by atoms with Crippen LogP contribution in [0.5, 0.6) is 5.75 Å². The van der Waals surface area contributed by atoms with E-state index in [9.17, 15) is 14.4 Å². The summed E-state index contributed by atoms with van der Waals surface area (Å²) in [6, 6.07) is 11.9. The van der Waals surface area contributed by atoms with Gasteiger partial charge in [0.15, 0.2) is 0 Å². The van der Waals surface area contributed by atoms with Gasteiger partial charge in [0, 0.05) is 36.1 Å². The summed E-state index contributed by atoms with van der Waals surface area (Å²) in [5, 5.41) is 13.6. The van der Waals surface area contributed by atoms with Gasteiger partial charge in [0.1, 0.15) is 11.8 Å². The molecular formula is C23H25Cl2N7O5. The third-order valence-electron chi connectivity index (χ3n) is 5.32. The van der Waals surface area contributed by atoms with Crippen molar-refractivity contribution in [1.82, 2.24) is 20.6 Å². The third-order valence-corrected chi connectivity index (χ3v) is 5.66. The number of aromatic amines is 1. The van der Waals surface area contributed by atoms with E-state index in [0.29, 0.717) is 41.8 Å². The Morgan fingerprint density at radius 1 is 1.05 bits per heavy atom. The minimum absolute atomic E-state index is 0.153. The van der Waals surface area contributed by atoms with Gasteiger partial charge in [-0.1, -0.05) is 18.2 Å². The number of hydrogen-bond donors (Lipinski definition) is 3. The van der Waals surface area contributed by atoms with Crippen LogP contribution in [0.15, 0.2) is 48.5 Å². The number of esters is 1. The molecule has 196 valence electrons. The quantitative estimate of drug-likeness (QED) is 0.131. The highest BCUT2D eigenvalue weighted by molar-refractivity contribution is 6.18. The van der Waals surface area contributed by atoms with Crippen molar-refractivity contribution in [3.05, 3.63) is 54.1 Å². The van der Waals surface area contributed by atoms with Crippen LogP contribution in [0.25, 0.3) is 11.4 Å². The fourth-order valence-electron chi connectivity index (χ4n) is 3.52. The Balaban J connectivity index is 1.59. The van der Waals surface area contributed by atoms with Crippen molar-refractivity contribution in [2.24, 2.45) is 11.5 Å². The molecule has 0 aliphatic carbocycles. The molecule has 0 saturated carbocycles. The van der Waals surface area contributed by atoms with Gasteiger partial charge in [-0.2, -0.15) is 5.21 Å². The molecule has 5 N–H and O–H groups in total. The summed E-state index contributed by atoms with van der Waals surface area (Å²) in [7, 11) is 0. The second-order valence-corrected chi connectivity index (χ2v) is 8.55. The monoisotopic (exact) mass is 549 g/mol. The fraction of sp³-hybridized carbons (Fsp3) is 0.304. The molecule has 2 aromatic carbocycles. The number of aromatic nitrogens is 4. The van der Waals surface area contributed by atoms with E-state index in [0.717, 1.165) is 5.69 Å². The van der Waals surface area contributed by atoms with Gasteiger partial charge in [-0.25, -0.2) is 9.59 Å². The largest absolute Gasteiger partial charge is 0.521 e. The Bertz CT molecular complexity index is 1190. The molecule has 1 heterocycles. The SMILES string of the molecule is NC(=O)C(C[C@H](N)C(=O)OC(=O)Oc1ccc(N(CCCl)CCCl)cc1)c1cccc(-c2nn[nH]n2)c1. The number of tetrazole rings is 1. The van der Waals surface area contributed by atoms with E-state index in [4.69, 9.17) is 44.1 Å². The van der Waals surface area contributed by atoms with Crippen LogP contribution >= 0.6 is 23.2 Å². The fourth-order valence-corrected chi connectivity index (χ4v) is 3.93. The van der Waals surface area contributed by atoms with E-state index >= 15 is 0 Å². The first-order chi connectivity index (χ1) is 17.8. The summed E-state index contributed by atoms with van der Waals surface area (Å²) in [6.07, 6.45) is -1.47. The van der Waals surface area contributed by atoms with Gasteiger partial charge in [0.2, 0.25) is 11.7 Å². The average molecular weight is 550 g/mol. The Hall–Kier alpha value is -3.74. The van der Waals surface area contributed by atoms with E-state index in [1.54, 1.807) is 36.4 Å². The van der Waals surface area contributed by atoms with Crippen molar-refractivity contribution in [2.45, 2.75) is 18.4 Å². The Labute approximate surface area is 222 Å². The standard InChI is InChI=1S/C23H25Cl2N7O5/c24-8-10-32(11-9-25)16-4-6-17(7-5-16)36-23(35)37-22(34)19(26)13-18(20(27)33)14-2-1-3-15(12-14)21-28-30-31-29-21/h1-7,12,18-19H,8-11,13,26H2,(H2,27,33)(H,28,29,30,31)/t18?,19-/m0/s1. The van der Waals surface area contributed by atoms with Crippen LogP contribution in [0.3, 0.4) is 0 Å². The lowest BCUT2D eigenvalue weighted by Gasteiger charge is -2.22. The Kier molecular flexibility index (Phi) is 10.2. The van der Waals surface area contributed by atoms with Gasteiger partial charge >= 0.3 is 12.1 Å². The molecule has 37 heavy (non-hydrogen) atoms. The van der Waals surface area contributed by atoms with Crippen LogP contribution in [-0.4, -0.2) is 69.5 Å². The van der Waals surface area contributed by atoms with Crippen molar-refractivity contribution < 1.29 is 23.9 Å². The van der Waals surface area contributed by atoms with E-state index < -0.39 is 30.0 Å². The number of amides is 1. The van der Waals surface area contributed by atoms with E-state index in [-0.39, 0.29) is 12.2 Å². The molecule has 1 amide bonds. The van der Waals surface area contributed by atoms with Gasteiger partial charge in [0.25, 0.3) is 0 Å². The maximum absolute atomic E-state index is 12.4. The highest BCUT2D eigenvalue weighted by Crippen LogP contribution is 2.25. The van der Waals surface area contributed by atoms with Crippen LogP contribution in [0.2, 0.25) is 0 Å². The van der Waals surface area contributed by atoms with Crippen molar-refractivity contribution in [3.8, 4) is 17.1 Å². The highest BCUT2D eigenvalue weighted by atomic mass is 35.5. The summed E-state index contributed by atoms with van der Waals surface area (Å²) < 4.78 is 9.78. The zero-order chi connectivity index (χ0) is 26.8. The number of alkyl halides is 2. The molecule has 0 aliphatic rings. The normalized spacial score (nSPS) is 12.4. The molecule has 0 bridgehead atoms. The summed E-state index contributed by atoms with van der Waals surface area (Å²) in [5.41, 5.74) is 13.4. The maximum Gasteiger partial charge on any atom is 0.521 e. The van der Waals surface area contributed by atoms with Gasteiger partial charge in [0.05, 0.1) is 5.92 Å². The van der Waals surface area contributed by atoms with Crippen molar-refractivity contribution >= 4 is 46.9 Å². The number of H-pyrrole nitrogens is 1. The molecule has 14 heteroatoms. The molecule has 0 saturated heterocycles. The minimum Gasteiger partial charge on any atom is -0.395 e. The second-order valence-electron chi connectivity index (χ2n) is 7.79. The van der Waals surface area contributed by atoms with Crippen LogP contribution < -0.4 is 21.1 Å². The predicted molar refractivity (Wildman–Crippen MR) is 136 cm³/mol.